The Bertz CT molecular complexity index is 399. The van der Waals surface area contributed by atoms with Crippen molar-refractivity contribution in [1.82, 2.24) is 0 Å². The fraction of sp³-hybridized carbons (Fsp3) is 0.786. The van der Waals surface area contributed by atoms with Gasteiger partial charge >= 0.3 is 0 Å². The first-order valence-electron chi connectivity index (χ1n) is 6.41. The first-order valence-corrected chi connectivity index (χ1v) is 9.32. The van der Waals surface area contributed by atoms with E-state index in [1.54, 1.807) is 6.08 Å². The highest BCUT2D eigenvalue weighted by Crippen LogP contribution is 2.44. The molecule has 0 heterocycles. The predicted molar refractivity (Wildman–Crippen MR) is 75.6 cm³/mol. The van der Waals surface area contributed by atoms with E-state index in [2.05, 4.69) is 39.9 Å². The normalized spacial score (nSPS) is 27.8. The van der Waals surface area contributed by atoms with E-state index >= 15 is 0 Å². The summed E-state index contributed by atoms with van der Waals surface area (Å²) in [5, 5.41) is 19.3. The lowest BCUT2D eigenvalue weighted by molar-refractivity contribution is 0.0202. The second-order valence-electron chi connectivity index (χ2n) is 7.26. The standard InChI is InChI=1S/C14H25NO2Si/c1-13(2,3)18(6,7)17-11-8-10(9-15)12(16)14(11,4)5/h8,11-12,16H,1-7H3/t11-,12-/m0/s1. The Labute approximate surface area is 112 Å². The summed E-state index contributed by atoms with van der Waals surface area (Å²) in [5.41, 5.74) is 0.00401. The average Bonchev–Trinajstić information content (AvgIpc) is 2.39. The molecule has 0 fully saturated rings. The Morgan fingerprint density at radius 1 is 1.39 bits per heavy atom. The van der Waals surface area contributed by atoms with Gasteiger partial charge < -0.3 is 9.53 Å². The van der Waals surface area contributed by atoms with Gasteiger partial charge in [0.15, 0.2) is 8.32 Å². The molecule has 18 heavy (non-hydrogen) atoms. The summed E-state index contributed by atoms with van der Waals surface area (Å²) in [6, 6.07) is 2.07. The third-order valence-corrected chi connectivity index (χ3v) is 8.88. The maximum atomic E-state index is 10.1. The highest BCUT2D eigenvalue weighted by atomic mass is 28.4. The van der Waals surface area contributed by atoms with Crippen molar-refractivity contribution in [3.05, 3.63) is 11.6 Å². The Morgan fingerprint density at radius 2 is 1.89 bits per heavy atom. The van der Waals surface area contributed by atoms with E-state index in [-0.39, 0.29) is 11.1 Å². The summed E-state index contributed by atoms with van der Waals surface area (Å²) < 4.78 is 6.33. The van der Waals surface area contributed by atoms with Crippen molar-refractivity contribution in [2.45, 2.75) is 65.0 Å². The van der Waals surface area contributed by atoms with Crippen molar-refractivity contribution in [3.8, 4) is 6.07 Å². The van der Waals surface area contributed by atoms with Crippen molar-refractivity contribution in [2.75, 3.05) is 0 Å². The quantitative estimate of drug-likeness (QED) is 0.782. The highest BCUT2D eigenvalue weighted by molar-refractivity contribution is 6.74. The molecule has 0 radical (unpaired) electrons. The minimum Gasteiger partial charge on any atom is -0.410 e. The van der Waals surface area contributed by atoms with Crippen LogP contribution in [0.15, 0.2) is 11.6 Å². The SMILES string of the molecule is CC1(C)[C@@H](O[Si](C)(C)C(C)(C)C)C=C(C#N)[C@@H]1O. The number of hydrogen-bond donors (Lipinski definition) is 1. The Morgan fingerprint density at radius 3 is 2.22 bits per heavy atom. The van der Waals surface area contributed by atoms with Gasteiger partial charge in [-0.05, 0) is 24.2 Å². The molecule has 1 rings (SSSR count). The molecule has 0 unspecified atom stereocenters. The first kappa shape index (κ1) is 15.4. The molecule has 0 aromatic heterocycles. The molecule has 0 saturated heterocycles. The second-order valence-corrected chi connectivity index (χ2v) is 12.0. The van der Waals surface area contributed by atoms with Gasteiger partial charge in [0.05, 0.1) is 23.9 Å². The lowest BCUT2D eigenvalue weighted by Crippen LogP contribution is -2.48. The molecule has 0 aromatic carbocycles. The summed E-state index contributed by atoms with van der Waals surface area (Å²) in [5.74, 6) is 0. The number of aliphatic hydroxyl groups excluding tert-OH is 1. The van der Waals surface area contributed by atoms with Gasteiger partial charge in [0.25, 0.3) is 0 Å². The second kappa shape index (κ2) is 4.48. The summed E-state index contributed by atoms with van der Waals surface area (Å²) in [6.07, 6.45) is 0.894. The molecule has 2 atom stereocenters. The zero-order valence-electron chi connectivity index (χ0n) is 12.5. The van der Waals surface area contributed by atoms with Gasteiger partial charge in [0, 0.05) is 5.41 Å². The monoisotopic (exact) mass is 267 g/mol. The topological polar surface area (TPSA) is 53.2 Å². The molecule has 1 aliphatic rings. The fourth-order valence-corrected chi connectivity index (χ4v) is 3.16. The Kier molecular flexibility index (Phi) is 3.84. The fourth-order valence-electron chi connectivity index (χ4n) is 1.80. The average molecular weight is 267 g/mol. The van der Waals surface area contributed by atoms with Crippen LogP contribution < -0.4 is 0 Å². The summed E-state index contributed by atoms with van der Waals surface area (Å²) in [6.45, 7) is 14.8. The van der Waals surface area contributed by atoms with Crippen molar-refractivity contribution < 1.29 is 9.53 Å². The molecular formula is C14H25NO2Si. The first-order chi connectivity index (χ1) is 7.93. The van der Waals surface area contributed by atoms with Gasteiger partial charge in [-0.25, -0.2) is 0 Å². The van der Waals surface area contributed by atoms with Crippen LogP contribution in [0.5, 0.6) is 0 Å². The number of hydrogen-bond acceptors (Lipinski definition) is 3. The zero-order valence-corrected chi connectivity index (χ0v) is 13.5. The van der Waals surface area contributed by atoms with Crippen LogP contribution >= 0.6 is 0 Å². The highest BCUT2D eigenvalue weighted by Gasteiger charge is 2.48. The van der Waals surface area contributed by atoms with Gasteiger partial charge in [-0.15, -0.1) is 0 Å². The lowest BCUT2D eigenvalue weighted by Gasteiger charge is -2.42. The van der Waals surface area contributed by atoms with Gasteiger partial charge in [0.2, 0.25) is 0 Å². The van der Waals surface area contributed by atoms with E-state index in [0.717, 1.165) is 0 Å². The third kappa shape index (κ3) is 2.54. The number of nitriles is 1. The van der Waals surface area contributed by atoms with E-state index in [4.69, 9.17) is 9.69 Å². The molecule has 0 saturated carbocycles. The zero-order chi connectivity index (χ0) is 14.4. The van der Waals surface area contributed by atoms with Gasteiger partial charge in [-0.2, -0.15) is 5.26 Å². The molecule has 102 valence electrons. The van der Waals surface area contributed by atoms with E-state index in [1.807, 2.05) is 13.8 Å². The molecule has 1 N–H and O–H groups in total. The van der Waals surface area contributed by atoms with Crippen LogP contribution in [0.25, 0.3) is 0 Å². The van der Waals surface area contributed by atoms with Crippen LogP contribution in [0.1, 0.15) is 34.6 Å². The molecular weight excluding hydrogens is 242 g/mol. The van der Waals surface area contributed by atoms with Crippen LogP contribution in [-0.2, 0) is 4.43 Å². The maximum absolute atomic E-state index is 10.1. The van der Waals surface area contributed by atoms with Crippen LogP contribution in [0.4, 0.5) is 0 Å². The molecule has 1 aliphatic carbocycles. The predicted octanol–water partition coefficient (Wildman–Crippen LogP) is 3.23. The molecule has 0 bridgehead atoms. The van der Waals surface area contributed by atoms with E-state index in [0.29, 0.717) is 5.57 Å². The van der Waals surface area contributed by atoms with Gasteiger partial charge in [-0.1, -0.05) is 34.6 Å². The van der Waals surface area contributed by atoms with E-state index in [9.17, 15) is 5.11 Å². The molecule has 3 nitrogen and oxygen atoms in total. The van der Waals surface area contributed by atoms with Crippen LogP contribution in [0, 0.1) is 16.7 Å². The Hall–Kier alpha value is -0.633. The van der Waals surface area contributed by atoms with E-state index in [1.165, 1.54) is 0 Å². The molecule has 0 aromatic rings. The van der Waals surface area contributed by atoms with Gasteiger partial charge in [-0.3, -0.25) is 0 Å². The van der Waals surface area contributed by atoms with E-state index < -0.39 is 19.8 Å². The molecule has 0 spiro atoms. The smallest absolute Gasteiger partial charge is 0.192 e. The van der Waals surface area contributed by atoms with Crippen LogP contribution in [0.2, 0.25) is 18.1 Å². The maximum Gasteiger partial charge on any atom is 0.192 e. The number of rotatable bonds is 2. The molecule has 0 amide bonds. The molecule has 4 heteroatoms. The van der Waals surface area contributed by atoms with Crippen LogP contribution in [0.3, 0.4) is 0 Å². The largest absolute Gasteiger partial charge is 0.410 e. The number of nitrogens with zero attached hydrogens (tertiary/aromatic N) is 1. The summed E-state index contributed by atoms with van der Waals surface area (Å²) in [7, 11) is -1.90. The summed E-state index contributed by atoms with van der Waals surface area (Å²) in [4.78, 5) is 0. The Balaban J connectivity index is 3.00. The minimum atomic E-state index is -1.90. The molecule has 0 aliphatic heterocycles. The summed E-state index contributed by atoms with van der Waals surface area (Å²) >= 11 is 0. The van der Waals surface area contributed by atoms with Crippen molar-refractivity contribution in [2.24, 2.45) is 5.41 Å². The van der Waals surface area contributed by atoms with Crippen molar-refractivity contribution >= 4 is 8.32 Å². The van der Waals surface area contributed by atoms with Gasteiger partial charge in [0.1, 0.15) is 0 Å². The third-order valence-electron chi connectivity index (χ3n) is 4.42. The van der Waals surface area contributed by atoms with Crippen molar-refractivity contribution in [1.29, 1.82) is 5.26 Å². The minimum absolute atomic E-state index is 0.122. The number of aliphatic hydroxyl groups is 1. The lowest BCUT2D eigenvalue weighted by atomic mass is 9.85. The van der Waals surface area contributed by atoms with Crippen LogP contribution in [-0.4, -0.2) is 25.6 Å². The van der Waals surface area contributed by atoms with Crippen molar-refractivity contribution in [3.63, 3.8) is 0 Å².